The third-order valence-corrected chi connectivity index (χ3v) is 5.39. The van der Waals surface area contributed by atoms with Crippen molar-refractivity contribution in [3.05, 3.63) is 24.3 Å². The van der Waals surface area contributed by atoms with Crippen LogP contribution in [0.1, 0.15) is 26.7 Å². The van der Waals surface area contributed by atoms with E-state index in [1.165, 1.54) is 0 Å². The Kier molecular flexibility index (Phi) is 7.34. The summed E-state index contributed by atoms with van der Waals surface area (Å²) in [7, 11) is -4.49. The summed E-state index contributed by atoms with van der Waals surface area (Å²) in [4.78, 5) is 0.253. The third kappa shape index (κ3) is 6.15. The minimum Gasteiger partial charge on any atom is -0.384 e. The summed E-state index contributed by atoms with van der Waals surface area (Å²) >= 11 is 0. The van der Waals surface area contributed by atoms with Gasteiger partial charge in [0.1, 0.15) is 4.90 Å². The summed E-state index contributed by atoms with van der Waals surface area (Å²) in [5.74, 6) is 0.486. The first-order valence-electron chi connectivity index (χ1n) is 7.02. The lowest BCUT2D eigenvalue weighted by molar-refractivity contribution is 0.556. The molecular weight excluding hydrogens is 308 g/mol. The van der Waals surface area contributed by atoms with Gasteiger partial charge in [0.2, 0.25) is 10.0 Å². The van der Waals surface area contributed by atoms with E-state index in [-0.39, 0.29) is 10.9 Å². The maximum absolute atomic E-state index is 12.4. The van der Waals surface area contributed by atoms with Crippen molar-refractivity contribution >= 4 is 26.5 Å². The SMILES string of the molecule is CCCNc1ccccc1S(=O)(=O)NC(C)CCS(C)=O. The first kappa shape index (κ1) is 18.1. The Morgan fingerprint density at radius 1 is 1.29 bits per heavy atom. The van der Waals surface area contributed by atoms with E-state index < -0.39 is 20.8 Å². The van der Waals surface area contributed by atoms with Crippen molar-refractivity contribution < 1.29 is 12.6 Å². The number of rotatable bonds is 9. The van der Waals surface area contributed by atoms with Crippen LogP contribution in [0.15, 0.2) is 29.2 Å². The molecule has 21 heavy (non-hydrogen) atoms. The Hall–Kier alpha value is -0.920. The van der Waals surface area contributed by atoms with Gasteiger partial charge in [-0.2, -0.15) is 0 Å². The second-order valence-electron chi connectivity index (χ2n) is 5.01. The molecule has 0 spiro atoms. The van der Waals surface area contributed by atoms with E-state index in [4.69, 9.17) is 0 Å². The van der Waals surface area contributed by atoms with Gasteiger partial charge in [-0.05, 0) is 31.9 Å². The molecule has 1 aromatic rings. The highest BCUT2D eigenvalue weighted by atomic mass is 32.2. The Morgan fingerprint density at radius 3 is 2.57 bits per heavy atom. The molecule has 0 radical (unpaired) electrons. The Bertz CT molecular complexity index is 573. The molecule has 0 fully saturated rings. The first-order chi connectivity index (χ1) is 9.86. The number of hydrogen-bond acceptors (Lipinski definition) is 4. The van der Waals surface area contributed by atoms with Gasteiger partial charge in [-0.1, -0.05) is 19.1 Å². The molecule has 2 atom stereocenters. The van der Waals surface area contributed by atoms with Crippen LogP contribution in [-0.4, -0.2) is 37.2 Å². The fraction of sp³-hybridized carbons (Fsp3) is 0.571. The van der Waals surface area contributed by atoms with Gasteiger partial charge in [0.15, 0.2) is 0 Å². The molecule has 120 valence electrons. The molecule has 0 heterocycles. The van der Waals surface area contributed by atoms with Crippen LogP contribution < -0.4 is 10.0 Å². The van der Waals surface area contributed by atoms with E-state index in [0.29, 0.717) is 17.9 Å². The quantitative estimate of drug-likeness (QED) is 0.725. The van der Waals surface area contributed by atoms with E-state index in [0.717, 1.165) is 13.0 Å². The smallest absolute Gasteiger partial charge is 0.242 e. The molecule has 0 amide bonds. The van der Waals surface area contributed by atoms with Gasteiger partial charge in [-0.15, -0.1) is 0 Å². The summed E-state index contributed by atoms with van der Waals surface area (Å²) in [5.41, 5.74) is 0.609. The minimum absolute atomic E-state index is 0.252. The van der Waals surface area contributed by atoms with Gasteiger partial charge in [-0.3, -0.25) is 4.21 Å². The molecule has 2 N–H and O–H groups in total. The van der Waals surface area contributed by atoms with Crippen LogP contribution in [0.4, 0.5) is 5.69 Å². The molecule has 0 aromatic heterocycles. The molecule has 0 aliphatic carbocycles. The zero-order valence-corrected chi connectivity index (χ0v) is 14.4. The maximum atomic E-state index is 12.4. The van der Waals surface area contributed by atoms with E-state index >= 15 is 0 Å². The fourth-order valence-corrected chi connectivity index (χ4v) is 3.98. The van der Waals surface area contributed by atoms with Crippen molar-refractivity contribution in [2.75, 3.05) is 23.9 Å². The van der Waals surface area contributed by atoms with E-state index in [1.54, 1.807) is 37.4 Å². The second-order valence-corrected chi connectivity index (χ2v) is 8.25. The molecule has 5 nitrogen and oxygen atoms in total. The van der Waals surface area contributed by atoms with Crippen LogP contribution >= 0.6 is 0 Å². The van der Waals surface area contributed by atoms with Crippen molar-refractivity contribution in [3.63, 3.8) is 0 Å². The Morgan fingerprint density at radius 2 is 1.95 bits per heavy atom. The highest BCUT2D eigenvalue weighted by Crippen LogP contribution is 2.21. The van der Waals surface area contributed by atoms with Gasteiger partial charge in [0.05, 0.1) is 5.69 Å². The van der Waals surface area contributed by atoms with Crippen molar-refractivity contribution in [1.82, 2.24) is 4.72 Å². The topological polar surface area (TPSA) is 75.3 Å². The predicted molar refractivity (Wildman–Crippen MR) is 88.6 cm³/mol. The number of sulfonamides is 1. The molecule has 0 saturated heterocycles. The minimum atomic E-state index is -3.58. The van der Waals surface area contributed by atoms with Crippen molar-refractivity contribution in [2.24, 2.45) is 0 Å². The molecular formula is C14H24N2O3S2. The highest BCUT2D eigenvalue weighted by molar-refractivity contribution is 7.89. The normalized spacial score (nSPS) is 14.6. The molecule has 0 saturated carbocycles. The van der Waals surface area contributed by atoms with E-state index in [9.17, 15) is 12.6 Å². The Labute approximate surface area is 130 Å². The predicted octanol–water partition coefficient (Wildman–Crippen LogP) is 1.94. The average Bonchev–Trinajstić information content (AvgIpc) is 2.42. The van der Waals surface area contributed by atoms with Gasteiger partial charge >= 0.3 is 0 Å². The maximum Gasteiger partial charge on any atom is 0.242 e. The van der Waals surface area contributed by atoms with Crippen LogP contribution in [0.2, 0.25) is 0 Å². The van der Waals surface area contributed by atoms with E-state index in [2.05, 4.69) is 10.0 Å². The lowest BCUT2D eigenvalue weighted by Gasteiger charge is -2.16. The Balaban J connectivity index is 2.84. The number of para-hydroxylation sites is 1. The van der Waals surface area contributed by atoms with Crippen LogP contribution in [-0.2, 0) is 20.8 Å². The highest BCUT2D eigenvalue weighted by Gasteiger charge is 2.20. The zero-order chi connectivity index (χ0) is 15.9. The van der Waals surface area contributed by atoms with E-state index in [1.807, 2.05) is 6.92 Å². The molecule has 2 unspecified atom stereocenters. The average molecular weight is 332 g/mol. The van der Waals surface area contributed by atoms with Gasteiger partial charge in [0.25, 0.3) is 0 Å². The number of nitrogens with one attached hydrogen (secondary N) is 2. The third-order valence-electron chi connectivity index (χ3n) is 2.94. The van der Waals surface area contributed by atoms with Crippen molar-refractivity contribution in [1.29, 1.82) is 0 Å². The van der Waals surface area contributed by atoms with Gasteiger partial charge in [-0.25, -0.2) is 13.1 Å². The lowest BCUT2D eigenvalue weighted by atomic mass is 10.3. The summed E-state index contributed by atoms with van der Waals surface area (Å²) < 4.78 is 38.6. The van der Waals surface area contributed by atoms with Crippen molar-refractivity contribution in [3.8, 4) is 0 Å². The summed E-state index contributed by atoms with van der Waals surface area (Å²) in [6.45, 7) is 4.53. The van der Waals surface area contributed by atoms with Crippen LogP contribution in [0.25, 0.3) is 0 Å². The zero-order valence-electron chi connectivity index (χ0n) is 12.8. The molecule has 0 bridgehead atoms. The lowest BCUT2D eigenvalue weighted by Crippen LogP contribution is -2.34. The molecule has 0 aliphatic heterocycles. The molecule has 1 rings (SSSR count). The van der Waals surface area contributed by atoms with Crippen LogP contribution in [0.3, 0.4) is 0 Å². The van der Waals surface area contributed by atoms with Gasteiger partial charge in [0, 0.05) is 35.4 Å². The summed E-state index contributed by atoms with van der Waals surface area (Å²) in [5, 5.41) is 3.12. The monoisotopic (exact) mass is 332 g/mol. The molecule has 0 aliphatic rings. The van der Waals surface area contributed by atoms with Crippen LogP contribution in [0, 0.1) is 0 Å². The molecule has 1 aromatic carbocycles. The standard InChI is InChI=1S/C14H24N2O3S2/c1-4-10-15-13-7-5-6-8-14(13)21(18,19)16-12(2)9-11-20(3)17/h5-8,12,15-16H,4,9-11H2,1-3H3. The van der Waals surface area contributed by atoms with Crippen molar-refractivity contribution in [2.45, 2.75) is 37.6 Å². The first-order valence-corrected chi connectivity index (χ1v) is 10.2. The second kappa shape index (κ2) is 8.51. The molecule has 7 heteroatoms. The number of anilines is 1. The number of benzene rings is 1. The summed E-state index contributed by atoms with van der Waals surface area (Å²) in [6.07, 6.45) is 3.08. The fourth-order valence-electron chi connectivity index (χ4n) is 1.84. The van der Waals surface area contributed by atoms with Crippen LogP contribution in [0.5, 0.6) is 0 Å². The largest absolute Gasteiger partial charge is 0.384 e. The van der Waals surface area contributed by atoms with Gasteiger partial charge < -0.3 is 5.32 Å². The summed E-state index contributed by atoms with van der Waals surface area (Å²) in [6, 6.07) is 6.61. The number of hydrogen-bond donors (Lipinski definition) is 2.